The van der Waals surface area contributed by atoms with Crippen molar-refractivity contribution >= 4 is 11.9 Å². The van der Waals surface area contributed by atoms with Gasteiger partial charge in [-0.2, -0.15) is 0 Å². The molecule has 0 bridgehead atoms. The Labute approximate surface area is 166 Å². The lowest BCUT2D eigenvalue weighted by atomic mass is 9.97. The first-order valence-corrected chi connectivity index (χ1v) is 10.3. The zero-order valence-electron chi connectivity index (χ0n) is 16.5. The van der Waals surface area contributed by atoms with Crippen molar-refractivity contribution in [2.45, 2.75) is 45.4 Å². The van der Waals surface area contributed by atoms with Crippen molar-refractivity contribution in [3.8, 4) is 11.1 Å². The highest BCUT2D eigenvalue weighted by molar-refractivity contribution is 5.79. The fourth-order valence-corrected chi connectivity index (χ4v) is 3.58. The van der Waals surface area contributed by atoms with Crippen LogP contribution in [0.15, 0.2) is 36.7 Å². The minimum atomic E-state index is -0.277. The number of carbonyl (C=O) groups is 1. The van der Waals surface area contributed by atoms with E-state index in [4.69, 9.17) is 0 Å². The number of unbranched alkanes of at least 4 members (excludes halogenated alkanes) is 3. The summed E-state index contributed by atoms with van der Waals surface area (Å²) in [5.41, 5.74) is 1.53. The van der Waals surface area contributed by atoms with E-state index < -0.39 is 0 Å². The molecule has 1 aromatic heterocycles. The first-order chi connectivity index (χ1) is 13.7. The Morgan fingerprint density at radius 1 is 1.21 bits per heavy atom. The summed E-state index contributed by atoms with van der Waals surface area (Å²) < 4.78 is 13.4. The number of aromatic nitrogens is 2. The first-order valence-electron chi connectivity index (χ1n) is 10.3. The molecule has 2 heterocycles. The van der Waals surface area contributed by atoms with Crippen LogP contribution in [0.5, 0.6) is 0 Å². The summed E-state index contributed by atoms with van der Waals surface area (Å²) in [6.45, 7) is 4.43. The number of hydrogen-bond acceptors (Lipinski definition) is 4. The second-order valence-electron chi connectivity index (χ2n) is 7.42. The van der Waals surface area contributed by atoms with E-state index in [2.05, 4.69) is 27.1 Å². The molecule has 5 nitrogen and oxygen atoms in total. The molecule has 0 aliphatic carbocycles. The van der Waals surface area contributed by atoms with Gasteiger partial charge in [-0.15, -0.1) is 0 Å². The Bertz CT molecular complexity index is 765. The fourth-order valence-electron chi connectivity index (χ4n) is 3.58. The number of rotatable bonds is 8. The van der Waals surface area contributed by atoms with Crippen LogP contribution >= 0.6 is 0 Å². The highest BCUT2D eigenvalue weighted by Crippen LogP contribution is 2.23. The zero-order valence-corrected chi connectivity index (χ0v) is 16.5. The number of piperidine rings is 1. The Balaban J connectivity index is 1.55. The van der Waals surface area contributed by atoms with Gasteiger partial charge in [0, 0.05) is 37.6 Å². The molecule has 1 fully saturated rings. The summed E-state index contributed by atoms with van der Waals surface area (Å²) in [5, 5.41) is 3.08. The summed E-state index contributed by atoms with van der Waals surface area (Å²) in [6.07, 6.45) is 9.91. The molecule has 1 amide bonds. The second kappa shape index (κ2) is 10.2. The smallest absolute Gasteiger partial charge is 0.225 e. The number of anilines is 1. The van der Waals surface area contributed by atoms with Crippen molar-refractivity contribution in [2.75, 3.05) is 24.5 Å². The Morgan fingerprint density at radius 3 is 2.79 bits per heavy atom. The maximum Gasteiger partial charge on any atom is 0.225 e. The first kappa shape index (κ1) is 20.2. The third-order valence-corrected chi connectivity index (χ3v) is 5.20. The molecule has 2 aromatic rings. The zero-order chi connectivity index (χ0) is 19.8. The van der Waals surface area contributed by atoms with Crippen molar-refractivity contribution in [3.05, 3.63) is 42.5 Å². The summed E-state index contributed by atoms with van der Waals surface area (Å²) in [4.78, 5) is 23.5. The van der Waals surface area contributed by atoms with Gasteiger partial charge in [-0.05, 0) is 37.0 Å². The third-order valence-electron chi connectivity index (χ3n) is 5.20. The molecule has 0 spiro atoms. The monoisotopic (exact) mass is 384 g/mol. The van der Waals surface area contributed by atoms with Crippen molar-refractivity contribution in [2.24, 2.45) is 5.92 Å². The van der Waals surface area contributed by atoms with Crippen molar-refractivity contribution in [3.63, 3.8) is 0 Å². The maximum absolute atomic E-state index is 13.4. The van der Waals surface area contributed by atoms with Crippen molar-refractivity contribution in [1.82, 2.24) is 15.3 Å². The van der Waals surface area contributed by atoms with Crippen molar-refractivity contribution in [1.29, 1.82) is 0 Å². The van der Waals surface area contributed by atoms with E-state index >= 15 is 0 Å². The lowest BCUT2D eigenvalue weighted by Gasteiger charge is -2.32. The number of benzene rings is 1. The van der Waals surface area contributed by atoms with E-state index in [9.17, 15) is 9.18 Å². The topological polar surface area (TPSA) is 58.1 Å². The van der Waals surface area contributed by atoms with Crippen LogP contribution in [0.3, 0.4) is 0 Å². The van der Waals surface area contributed by atoms with E-state index in [1.54, 1.807) is 18.5 Å². The number of nitrogens with zero attached hydrogens (tertiary/aromatic N) is 3. The van der Waals surface area contributed by atoms with E-state index in [-0.39, 0.29) is 17.6 Å². The van der Waals surface area contributed by atoms with Gasteiger partial charge in [0.25, 0.3) is 0 Å². The highest BCUT2D eigenvalue weighted by atomic mass is 19.1. The molecular formula is C22H29FN4O. The molecule has 28 heavy (non-hydrogen) atoms. The second-order valence-corrected chi connectivity index (χ2v) is 7.42. The van der Waals surface area contributed by atoms with Crippen LogP contribution in [0, 0.1) is 11.7 Å². The molecule has 6 heteroatoms. The van der Waals surface area contributed by atoms with Crippen LogP contribution in [-0.2, 0) is 4.79 Å². The molecule has 1 atom stereocenters. The van der Waals surface area contributed by atoms with Gasteiger partial charge in [-0.1, -0.05) is 38.3 Å². The van der Waals surface area contributed by atoms with E-state index in [1.165, 1.54) is 31.4 Å². The van der Waals surface area contributed by atoms with E-state index in [1.807, 2.05) is 6.07 Å². The van der Waals surface area contributed by atoms with Crippen LogP contribution in [0.2, 0.25) is 0 Å². The molecule has 3 rings (SSSR count). The average Bonchev–Trinajstić information content (AvgIpc) is 2.74. The largest absolute Gasteiger partial charge is 0.356 e. The predicted molar refractivity (Wildman–Crippen MR) is 110 cm³/mol. The molecule has 1 aliphatic rings. The van der Waals surface area contributed by atoms with Gasteiger partial charge in [0.1, 0.15) is 5.82 Å². The molecular weight excluding hydrogens is 355 g/mol. The van der Waals surface area contributed by atoms with E-state index in [0.717, 1.165) is 43.5 Å². The minimum absolute atomic E-state index is 0.0218. The standard InChI is InChI=1S/C22H29FN4O/c1-2-3-4-5-11-24-21(28)18-9-7-12-27(16-18)22-25-14-19(15-26-22)17-8-6-10-20(23)13-17/h6,8,10,13-15,18H,2-5,7,9,11-12,16H2,1H3,(H,24,28). The Hall–Kier alpha value is -2.50. The molecule has 0 radical (unpaired) electrons. The molecule has 1 unspecified atom stereocenters. The lowest BCUT2D eigenvalue weighted by Crippen LogP contribution is -2.43. The summed E-state index contributed by atoms with van der Waals surface area (Å²) in [6, 6.07) is 6.40. The van der Waals surface area contributed by atoms with Gasteiger partial charge < -0.3 is 10.2 Å². The Kier molecular flexibility index (Phi) is 7.34. The number of halogens is 1. The lowest BCUT2D eigenvalue weighted by molar-refractivity contribution is -0.125. The highest BCUT2D eigenvalue weighted by Gasteiger charge is 2.26. The molecule has 150 valence electrons. The predicted octanol–water partition coefficient (Wildman–Crippen LogP) is 4.20. The van der Waals surface area contributed by atoms with Gasteiger partial charge in [0.2, 0.25) is 11.9 Å². The quantitative estimate of drug-likeness (QED) is 0.693. The fraction of sp³-hybridized carbons (Fsp3) is 0.500. The molecule has 0 saturated carbocycles. The molecule has 1 aliphatic heterocycles. The summed E-state index contributed by atoms with van der Waals surface area (Å²) in [5.74, 6) is 0.464. The molecule has 1 aromatic carbocycles. The maximum atomic E-state index is 13.4. The number of carbonyl (C=O) groups excluding carboxylic acids is 1. The van der Waals surface area contributed by atoms with Crippen LogP contribution in [0.1, 0.15) is 45.4 Å². The van der Waals surface area contributed by atoms with Crippen LogP contribution < -0.4 is 10.2 Å². The van der Waals surface area contributed by atoms with Gasteiger partial charge in [0.15, 0.2) is 0 Å². The molecule has 1 saturated heterocycles. The van der Waals surface area contributed by atoms with Gasteiger partial charge in [-0.3, -0.25) is 4.79 Å². The van der Waals surface area contributed by atoms with Gasteiger partial charge in [-0.25, -0.2) is 14.4 Å². The number of hydrogen-bond donors (Lipinski definition) is 1. The SMILES string of the molecule is CCCCCCNC(=O)C1CCCN(c2ncc(-c3cccc(F)c3)cn2)C1. The third kappa shape index (κ3) is 5.50. The Morgan fingerprint density at radius 2 is 2.04 bits per heavy atom. The normalized spacial score (nSPS) is 16.8. The van der Waals surface area contributed by atoms with Crippen molar-refractivity contribution < 1.29 is 9.18 Å². The van der Waals surface area contributed by atoms with Gasteiger partial charge >= 0.3 is 0 Å². The molecule has 1 N–H and O–H groups in total. The average molecular weight is 384 g/mol. The minimum Gasteiger partial charge on any atom is -0.356 e. The van der Waals surface area contributed by atoms with Gasteiger partial charge in [0.05, 0.1) is 5.92 Å². The number of nitrogens with one attached hydrogen (secondary N) is 1. The van der Waals surface area contributed by atoms with Crippen LogP contribution in [-0.4, -0.2) is 35.5 Å². The summed E-state index contributed by atoms with van der Waals surface area (Å²) in [7, 11) is 0. The van der Waals surface area contributed by atoms with E-state index in [0.29, 0.717) is 12.5 Å². The number of amides is 1. The summed E-state index contributed by atoms with van der Waals surface area (Å²) >= 11 is 0. The van der Waals surface area contributed by atoms with Crippen LogP contribution in [0.4, 0.5) is 10.3 Å². The van der Waals surface area contributed by atoms with Crippen LogP contribution in [0.25, 0.3) is 11.1 Å².